The van der Waals surface area contributed by atoms with E-state index in [2.05, 4.69) is 9.97 Å². The Kier molecular flexibility index (Phi) is 2.39. The predicted molar refractivity (Wildman–Crippen MR) is 36.2 cm³/mol. The second-order valence-electron chi connectivity index (χ2n) is 2.03. The topological polar surface area (TPSA) is 54.7 Å². The summed E-state index contributed by atoms with van der Waals surface area (Å²) in [5.41, 5.74) is 5.77. The lowest BCUT2D eigenvalue weighted by Gasteiger charge is -1.88. The largest absolute Gasteiger partial charge is 0.344 e. The molecule has 3 nitrogen and oxygen atoms in total. The third-order valence-corrected chi connectivity index (χ3v) is 1.21. The Hall–Kier alpha value is -0.900. The Labute approximate surface area is 58.5 Å². The highest BCUT2D eigenvalue weighted by molar-refractivity contribution is 4.99. The van der Waals surface area contributed by atoms with Crippen molar-refractivity contribution in [2.24, 2.45) is 5.73 Å². The fourth-order valence-corrected chi connectivity index (χ4v) is 0.737. The van der Waals surface area contributed by atoms with Gasteiger partial charge in [-0.2, -0.15) is 0 Å². The van der Waals surface area contributed by atoms with E-state index >= 15 is 0 Å². The first-order valence-corrected chi connectivity index (χ1v) is 3.15. The summed E-state index contributed by atoms with van der Waals surface area (Å²) in [7, 11) is 0. The summed E-state index contributed by atoms with van der Waals surface area (Å²) >= 11 is 0. The number of halogens is 1. The lowest BCUT2D eigenvalue weighted by molar-refractivity contribution is 0.477. The summed E-state index contributed by atoms with van der Waals surface area (Å²) in [6.45, 7) is 0.0524. The number of alkyl halides is 1. The molecule has 10 heavy (non-hydrogen) atoms. The summed E-state index contributed by atoms with van der Waals surface area (Å²) in [6, 6.07) is 0. The van der Waals surface area contributed by atoms with Gasteiger partial charge in [-0.3, -0.25) is 0 Å². The average Bonchev–Trinajstić information content (AvgIpc) is 2.37. The molecule has 0 aliphatic carbocycles. The van der Waals surface area contributed by atoms with Crippen molar-refractivity contribution in [3.8, 4) is 0 Å². The van der Waals surface area contributed by atoms with Gasteiger partial charge < -0.3 is 10.7 Å². The van der Waals surface area contributed by atoms with Crippen molar-refractivity contribution in [2.75, 3.05) is 6.54 Å². The highest BCUT2D eigenvalue weighted by Crippen LogP contribution is 1.98. The number of nitrogens with zero attached hydrogens (tertiary/aromatic N) is 1. The summed E-state index contributed by atoms with van der Waals surface area (Å²) in [6.07, 6.45) is 2.17. The smallest absolute Gasteiger partial charge is 0.131 e. The highest BCUT2D eigenvalue weighted by Gasteiger charge is 1.97. The molecule has 0 aromatic carbocycles. The molecule has 0 atom stereocenters. The minimum atomic E-state index is -0.489. The van der Waals surface area contributed by atoms with Gasteiger partial charge in [-0.15, -0.1) is 0 Å². The molecule has 0 spiro atoms. The Bertz CT molecular complexity index is 197. The molecule has 1 heterocycles. The van der Waals surface area contributed by atoms with Crippen LogP contribution in [0.15, 0.2) is 6.20 Å². The van der Waals surface area contributed by atoms with Crippen LogP contribution in [0.4, 0.5) is 4.39 Å². The lowest BCUT2D eigenvalue weighted by atomic mass is 10.4. The molecule has 1 aromatic rings. The standard InChI is InChI=1S/C6H10FN3/c7-3-5-4-9-6(10-5)1-2-8/h4H,1-3,8H2,(H,9,10). The van der Waals surface area contributed by atoms with E-state index in [0.717, 1.165) is 5.82 Å². The van der Waals surface area contributed by atoms with E-state index in [-0.39, 0.29) is 0 Å². The fraction of sp³-hybridized carbons (Fsp3) is 0.500. The van der Waals surface area contributed by atoms with Crippen LogP contribution in [0.25, 0.3) is 0 Å². The van der Waals surface area contributed by atoms with E-state index in [0.29, 0.717) is 18.7 Å². The minimum absolute atomic E-state index is 0.489. The third kappa shape index (κ3) is 1.54. The Morgan fingerprint density at radius 2 is 2.50 bits per heavy atom. The van der Waals surface area contributed by atoms with Gasteiger partial charge >= 0.3 is 0 Å². The van der Waals surface area contributed by atoms with Gasteiger partial charge in [0.25, 0.3) is 0 Å². The van der Waals surface area contributed by atoms with E-state index in [1.807, 2.05) is 0 Å². The summed E-state index contributed by atoms with van der Waals surface area (Å²) < 4.78 is 11.9. The maximum atomic E-state index is 11.9. The number of imidazole rings is 1. The zero-order valence-electron chi connectivity index (χ0n) is 5.60. The second kappa shape index (κ2) is 3.31. The Morgan fingerprint density at radius 3 is 3.00 bits per heavy atom. The first kappa shape index (κ1) is 7.21. The molecule has 0 unspecified atom stereocenters. The predicted octanol–water partition coefficient (Wildman–Crippen LogP) is 0.380. The van der Waals surface area contributed by atoms with Gasteiger partial charge in [-0.1, -0.05) is 0 Å². The first-order chi connectivity index (χ1) is 4.86. The van der Waals surface area contributed by atoms with Crippen LogP contribution in [0.5, 0.6) is 0 Å². The lowest BCUT2D eigenvalue weighted by Crippen LogP contribution is -2.03. The van der Waals surface area contributed by atoms with E-state index < -0.39 is 6.67 Å². The minimum Gasteiger partial charge on any atom is -0.344 e. The number of H-pyrrole nitrogens is 1. The normalized spacial score (nSPS) is 10.2. The first-order valence-electron chi connectivity index (χ1n) is 3.15. The van der Waals surface area contributed by atoms with E-state index in [4.69, 9.17) is 5.73 Å². The van der Waals surface area contributed by atoms with Crippen LogP contribution in [0.3, 0.4) is 0 Å². The number of nitrogens with one attached hydrogen (secondary N) is 1. The quantitative estimate of drug-likeness (QED) is 0.642. The van der Waals surface area contributed by atoms with Gasteiger partial charge in [0.05, 0.1) is 11.9 Å². The fourth-order valence-electron chi connectivity index (χ4n) is 0.737. The molecular weight excluding hydrogens is 133 g/mol. The molecule has 0 aliphatic rings. The van der Waals surface area contributed by atoms with Crippen LogP contribution in [-0.2, 0) is 13.1 Å². The molecule has 3 N–H and O–H groups in total. The molecule has 1 rings (SSSR count). The molecule has 0 amide bonds. The number of aromatic nitrogens is 2. The average molecular weight is 143 g/mol. The molecule has 0 aliphatic heterocycles. The number of rotatable bonds is 3. The van der Waals surface area contributed by atoms with Crippen molar-refractivity contribution >= 4 is 0 Å². The van der Waals surface area contributed by atoms with Gasteiger partial charge in [-0.25, -0.2) is 9.37 Å². The Morgan fingerprint density at radius 1 is 1.70 bits per heavy atom. The molecule has 0 saturated carbocycles. The van der Waals surface area contributed by atoms with Crippen LogP contribution in [0.1, 0.15) is 11.5 Å². The van der Waals surface area contributed by atoms with Crippen molar-refractivity contribution in [3.05, 3.63) is 17.7 Å². The monoisotopic (exact) mass is 143 g/mol. The van der Waals surface area contributed by atoms with Crippen LogP contribution >= 0.6 is 0 Å². The molecule has 1 aromatic heterocycles. The SMILES string of the molecule is NCCc1ncc(CF)[nH]1. The molecule has 0 radical (unpaired) electrons. The van der Waals surface area contributed by atoms with Crippen molar-refractivity contribution < 1.29 is 4.39 Å². The maximum Gasteiger partial charge on any atom is 0.131 e. The highest BCUT2D eigenvalue weighted by atomic mass is 19.1. The van der Waals surface area contributed by atoms with Crippen molar-refractivity contribution in [1.29, 1.82) is 0 Å². The molecular formula is C6H10FN3. The molecule has 0 fully saturated rings. The molecule has 0 bridgehead atoms. The second-order valence-corrected chi connectivity index (χ2v) is 2.03. The van der Waals surface area contributed by atoms with Gasteiger partial charge in [0, 0.05) is 6.42 Å². The van der Waals surface area contributed by atoms with Crippen LogP contribution < -0.4 is 5.73 Å². The van der Waals surface area contributed by atoms with Crippen LogP contribution in [0.2, 0.25) is 0 Å². The van der Waals surface area contributed by atoms with Gasteiger partial charge in [0.1, 0.15) is 12.5 Å². The van der Waals surface area contributed by atoms with Gasteiger partial charge in [-0.05, 0) is 6.54 Å². The molecule has 56 valence electrons. The van der Waals surface area contributed by atoms with E-state index in [1.165, 1.54) is 6.20 Å². The maximum absolute atomic E-state index is 11.9. The van der Waals surface area contributed by atoms with Gasteiger partial charge in [0.15, 0.2) is 0 Å². The van der Waals surface area contributed by atoms with Crippen LogP contribution in [-0.4, -0.2) is 16.5 Å². The summed E-state index contributed by atoms with van der Waals surface area (Å²) in [4.78, 5) is 6.70. The molecule has 0 saturated heterocycles. The number of aromatic amines is 1. The van der Waals surface area contributed by atoms with Crippen molar-refractivity contribution in [1.82, 2.24) is 9.97 Å². The zero-order valence-corrected chi connectivity index (χ0v) is 5.60. The third-order valence-electron chi connectivity index (χ3n) is 1.21. The van der Waals surface area contributed by atoms with Crippen molar-refractivity contribution in [3.63, 3.8) is 0 Å². The summed E-state index contributed by atoms with van der Waals surface area (Å²) in [5.74, 6) is 0.759. The molecule has 4 heteroatoms. The number of hydrogen-bond donors (Lipinski definition) is 2. The van der Waals surface area contributed by atoms with E-state index in [1.54, 1.807) is 0 Å². The van der Waals surface area contributed by atoms with E-state index in [9.17, 15) is 4.39 Å². The van der Waals surface area contributed by atoms with Gasteiger partial charge in [0.2, 0.25) is 0 Å². The number of nitrogens with two attached hydrogens (primary N) is 1. The van der Waals surface area contributed by atoms with Crippen LogP contribution in [0, 0.1) is 0 Å². The Balaban J connectivity index is 2.59. The zero-order chi connectivity index (χ0) is 7.40. The summed E-state index contributed by atoms with van der Waals surface area (Å²) in [5, 5.41) is 0. The van der Waals surface area contributed by atoms with Crippen molar-refractivity contribution in [2.45, 2.75) is 13.1 Å². The number of hydrogen-bond acceptors (Lipinski definition) is 2.